The molecule has 0 aromatic heterocycles. The minimum atomic E-state index is -3.03. The highest BCUT2D eigenvalue weighted by Gasteiger charge is 2.48. The number of methoxy groups -OCH3 is 1. The maximum Gasteiger partial charge on any atom is 0.234 e. The standard InChI is InChI=1S/C16H24N2O5S/c1-23-8-7-17(12-6-9-24(21,22)10-12)11-18-15(19)13-4-2-3-5-14(13)16(18)20/h2-3,12-14H,4-11H2,1H3/t12-,13-,14+/m1/s1. The van der Waals surface area contributed by atoms with Gasteiger partial charge < -0.3 is 4.74 Å². The Kier molecular flexibility index (Phi) is 5.08. The van der Waals surface area contributed by atoms with Crippen LogP contribution in [0.4, 0.5) is 0 Å². The summed E-state index contributed by atoms with van der Waals surface area (Å²) in [7, 11) is -1.45. The maximum absolute atomic E-state index is 12.6. The van der Waals surface area contributed by atoms with Gasteiger partial charge in [0.15, 0.2) is 9.84 Å². The molecule has 0 aromatic carbocycles. The van der Waals surface area contributed by atoms with Gasteiger partial charge in [0.05, 0.1) is 36.6 Å². The van der Waals surface area contributed by atoms with Crippen molar-refractivity contribution in [3.05, 3.63) is 12.2 Å². The van der Waals surface area contributed by atoms with Crippen LogP contribution in [0.2, 0.25) is 0 Å². The number of hydrogen-bond acceptors (Lipinski definition) is 6. The summed E-state index contributed by atoms with van der Waals surface area (Å²) in [6, 6.07) is -0.161. The monoisotopic (exact) mass is 356 g/mol. The molecule has 24 heavy (non-hydrogen) atoms. The highest BCUT2D eigenvalue weighted by Crippen LogP contribution is 2.35. The third-order valence-corrected chi connectivity index (χ3v) is 6.98. The van der Waals surface area contributed by atoms with Crippen LogP contribution in [0.25, 0.3) is 0 Å². The van der Waals surface area contributed by atoms with E-state index in [0.29, 0.717) is 32.4 Å². The highest BCUT2D eigenvalue weighted by molar-refractivity contribution is 7.91. The molecule has 0 spiro atoms. The summed E-state index contributed by atoms with van der Waals surface area (Å²) < 4.78 is 28.7. The van der Waals surface area contributed by atoms with Crippen LogP contribution in [-0.4, -0.2) is 74.5 Å². The van der Waals surface area contributed by atoms with Crippen molar-refractivity contribution in [1.29, 1.82) is 0 Å². The van der Waals surface area contributed by atoms with Crippen LogP contribution in [0.1, 0.15) is 19.3 Å². The third kappa shape index (κ3) is 3.41. The van der Waals surface area contributed by atoms with E-state index >= 15 is 0 Å². The predicted molar refractivity (Wildman–Crippen MR) is 87.7 cm³/mol. The van der Waals surface area contributed by atoms with Gasteiger partial charge in [-0.25, -0.2) is 8.42 Å². The van der Waals surface area contributed by atoms with Gasteiger partial charge in [-0.3, -0.25) is 19.4 Å². The molecule has 3 atom stereocenters. The number of hydrogen-bond donors (Lipinski definition) is 0. The van der Waals surface area contributed by atoms with Crippen molar-refractivity contribution in [2.24, 2.45) is 11.8 Å². The topological polar surface area (TPSA) is 84.0 Å². The molecule has 0 aromatic rings. The van der Waals surface area contributed by atoms with Crippen molar-refractivity contribution in [1.82, 2.24) is 9.80 Å². The lowest BCUT2D eigenvalue weighted by Crippen LogP contribution is -2.48. The van der Waals surface area contributed by atoms with Gasteiger partial charge in [-0.15, -0.1) is 0 Å². The molecule has 0 unspecified atom stereocenters. The number of carbonyl (C=O) groups is 2. The second kappa shape index (κ2) is 6.93. The number of amides is 2. The normalized spacial score (nSPS) is 31.9. The number of rotatable bonds is 6. The van der Waals surface area contributed by atoms with E-state index in [1.165, 1.54) is 4.90 Å². The molecule has 1 aliphatic carbocycles. The van der Waals surface area contributed by atoms with Crippen molar-refractivity contribution in [2.75, 3.05) is 38.4 Å². The Bertz CT molecular complexity index is 619. The molecule has 0 saturated carbocycles. The van der Waals surface area contributed by atoms with E-state index in [4.69, 9.17) is 4.74 Å². The van der Waals surface area contributed by atoms with Gasteiger partial charge in [0.2, 0.25) is 11.8 Å². The fraction of sp³-hybridized carbons (Fsp3) is 0.750. The van der Waals surface area contributed by atoms with E-state index in [2.05, 4.69) is 0 Å². The molecular formula is C16H24N2O5S. The Morgan fingerprint density at radius 2 is 1.83 bits per heavy atom. The zero-order valence-electron chi connectivity index (χ0n) is 13.9. The Morgan fingerprint density at radius 3 is 2.33 bits per heavy atom. The number of imide groups is 1. The Hall–Kier alpha value is -1.25. The number of nitrogens with zero attached hydrogens (tertiary/aromatic N) is 2. The van der Waals surface area contributed by atoms with Crippen molar-refractivity contribution in [3.8, 4) is 0 Å². The van der Waals surface area contributed by atoms with E-state index < -0.39 is 9.84 Å². The predicted octanol–water partition coefficient (Wildman–Crippen LogP) is 0.0306. The molecule has 0 N–H and O–H groups in total. The van der Waals surface area contributed by atoms with Crippen LogP contribution in [0.15, 0.2) is 12.2 Å². The van der Waals surface area contributed by atoms with Crippen LogP contribution in [-0.2, 0) is 24.2 Å². The molecule has 2 fully saturated rings. The van der Waals surface area contributed by atoms with Gasteiger partial charge in [0, 0.05) is 19.7 Å². The van der Waals surface area contributed by atoms with Gasteiger partial charge in [-0.2, -0.15) is 0 Å². The number of fused-ring (bicyclic) bond motifs is 1. The van der Waals surface area contributed by atoms with E-state index in [1.807, 2.05) is 17.1 Å². The first-order chi connectivity index (χ1) is 11.4. The summed E-state index contributed by atoms with van der Waals surface area (Å²) in [5.41, 5.74) is 0. The average molecular weight is 356 g/mol. The molecule has 0 radical (unpaired) electrons. The first-order valence-corrected chi connectivity index (χ1v) is 10.2. The largest absolute Gasteiger partial charge is 0.383 e. The lowest BCUT2D eigenvalue weighted by molar-refractivity contribution is -0.143. The summed E-state index contributed by atoms with van der Waals surface area (Å²) >= 11 is 0. The fourth-order valence-electron chi connectivity index (χ4n) is 3.83. The highest BCUT2D eigenvalue weighted by atomic mass is 32.2. The second-order valence-electron chi connectivity index (χ2n) is 6.76. The van der Waals surface area contributed by atoms with Crippen LogP contribution in [0.5, 0.6) is 0 Å². The molecule has 3 aliphatic rings. The van der Waals surface area contributed by atoms with E-state index in [0.717, 1.165) is 0 Å². The van der Waals surface area contributed by atoms with E-state index in [1.54, 1.807) is 7.11 Å². The molecule has 8 heteroatoms. The van der Waals surface area contributed by atoms with Crippen LogP contribution >= 0.6 is 0 Å². The van der Waals surface area contributed by atoms with E-state index in [-0.39, 0.29) is 47.9 Å². The number of ether oxygens (including phenoxy) is 1. The molecular weight excluding hydrogens is 332 g/mol. The molecule has 2 saturated heterocycles. The van der Waals surface area contributed by atoms with Crippen molar-refractivity contribution < 1.29 is 22.7 Å². The number of carbonyl (C=O) groups excluding carboxylic acids is 2. The average Bonchev–Trinajstić information content (AvgIpc) is 3.04. The molecule has 2 amide bonds. The maximum atomic E-state index is 12.6. The molecule has 2 heterocycles. The third-order valence-electron chi connectivity index (χ3n) is 5.23. The summed E-state index contributed by atoms with van der Waals surface area (Å²) in [4.78, 5) is 28.4. The number of likely N-dealkylation sites (tertiary alicyclic amines) is 1. The Labute approximate surface area is 142 Å². The summed E-state index contributed by atoms with van der Waals surface area (Å²) in [6.07, 6.45) is 5.68. The number of allylic oxidation sites excluding steroid dienone is 2. The van der Waals surface area contributed by atoms with Gasteiger partial charge >= 0.3 is 0 Å². The molecule has 0 bridgehead atoms. The van der Waals surface area contributed by atoms with Crippen molar-refractivity contribution in [3.63, 3.8) is 0 Å². The van der Waals surface area contributed by atoms with E-state index in [9.17, 15) is 18.0 Å². The lowest BCUT2D eigenvalue weighted by atomic mass is 9.85. The molecule has 3 rings (SSSR count). The number of sulfone groups is 1. The van der Waals surface area contributed by atoms with Crippen LogP contribution in [0.3, 0.4) is 0 Å². The van der Waals surface area contributed by atoms with Gasteiger partial charge in [-0.1, -0.05) is 12.2 Å². The molecule has 7 nitrogen and oxygen atoms in total. The van der Waals surface area contributed by atoms with Crippen molar-refractivity contribution >= 4 is 21.7 Å². The first kappa shape index (κ1) is 17.6. The first-order valence-electron chi connectivity index (χ1n) is 8.36. The van der Waals surface area contributed by atoms with Crippen LogP contribution in [0, 0.1) is 11.8 Å². The minimum absolute atomic E-state index is 0.0847. The fourth-order valence-corrected chi connectivity index (χ4v) is 5.59. The SMILES string of the molecule is COCCN(CN1C(=O)[C@H]2CC=CC[C@H]2C1=O)[C@@H]1CCS(=O)(=O)C1. The smallest absolute Gasteiger partial charge is 0.234 e. The zero-order valence-corrected chi connectivity index (χ0v) is 14.7. The van der Waals surface area contributed by atoms with Gasteiger partial charge in [0.1, 0.15) is 0 Å². The Morgan fingerprint density at radius 1 is 1.21 bits per heavy atom. The van der Waals surface area contributed by atoms with Gasteiger partial charge in [0.25, 0.3) is 0 Å². The summed E-state index contributed by atoms with van der Waals surface area (Å²) in [5, 5.41) is 0. The molecule has 2 aliphatic heterocycles. The quantitative estimate of drug-likeness (QED) is 0.493. The zero-order chi connectivity index (χ0) is 17.3. The summed E-state index contributed by atoms with van der Waals surface area (Å²) in [5.74, 6) is -0.507. The minimum Gasteiger partial charge on any atom is -0.383 e. The summed E-state index contributed by atoms with van der Waals surface area (Å²) in [6.45, 7) is 1.09. The molecule has 134 valence electrons. The lowest BCUT2D eigenvalue weighted by Gasteiger charge is -2.31. The van der Waals surface area contributed by atoms with Gasteiger partial charge in [-0.05, 0) is 19.3 Å². The van der Waals surface area contributed by atoms with Crippen molar-refractivity contribution in [2.45, 2.75) is 25.3 Å². The van der Waals surface area contributed by atoms with Crippen LogP contribution < -0.4 is 0 Å². The Balaban J connectivity index is 1.73. The second-order valence-corrected chi connectivity index (χ2v) is 8.99.